The molecule has 0 atom stereocenters. The van der Waals surface area contributed by atoms with Gasteiger partial charge < -0.3 is 29.3 Å². The largest absolute Gasteiger partial charge is 1.00 e. The monoisotopic (exact) mass is 344 g/mol. The molecule has 22 heavy (non-hydrogen) atoms. The molecule has 0 spiro atoms. The van der Waals surface area contributed by atoms with Gasteiger partial charge in [0.1, 0.15) is 0 Å². The molecule has 10 heteroatoms. The van der Waals surface area contributed by atoms with Crippen LogP contribution in [0.25, 0.3) is 0 Å². The van der Waals surface area contributed by atoms with Crippen molar-refractivity contribution in [3.05, 3.63) is 0 Å². The predicted octanol–water partition coefficient (Wildman–Crippen LogP) is -10.5. The van der Waals surface area contributed by atoms with Crippen LogP contribution in [-0.2, 0) is 14.2 Å². The average Bonchev–Trinajstić information content (AvgIpc) is 3.18. The number of hydrogen-bond acceptors (Lipinski definition) is 6. The summed E-state index contributed by atoms with van der Waals surface area (Å²) in [5.41, 5.74) is 0. The van der Waals surface area contributed by atoms with Gasteiger partial charge in [-0.15, -0.1) is 0 Å². The van der Waals surface area contributed by atoms with E-state index in [0.29, 0.717) is 0 Å². The summed E-state index contributed by atoms with van der Waals surface area (Å²) in [6.07, 6.45) is 7.67. The number of hydrogen-bond donors (Lipinski definition) is 0. The maximum Gasteiger partial charge on any atom is 1.00 e. The van der Waals surface area contributed by atoms with Gasteiger partial charge in [-0.1, -0.05) is 0 Å². The van der Waals surface area contributed by atoms with Crippen molar-refractivity contribution in [3.63, 3.8) is 0 Å². The van der Waals surface area contributed by atoms with E-state index >= 15 is 0 Å². The maximum absolute atomic E-state index is 8.42. The Balaban J connectivity index is -0.0000000944. The molecule has 0 aromatic rings. The molecule has 3 aliphatic rings. The van der Waals surface area contributed by atoms with Crippen LogP contribution in [0.15, 0.2) is 0 Å². The molecule has 0 N–H and O–H groups in total. The molecule has 0 saturated carbocycles. The molecule has 3 saturated heterocycles. The summed E-state index contributed by atoms with van der Waals surface area (Å²) in [4.78, 5) is 0. The van der Waals surface area contributed by atoms with Crippen LogP contribution < -0.4 is 104 Å². The van der Waals surface area contributed by atoms with E-state index < -0.39 is 7.32 Å². The third-order valence-corrected chi connectivity index (χ3v) is 2.48. The first-order valence-corrected chi connectivity index (χ1v) is 6.94. The van der Waals surface area contributed by atoms with E-state index in [2.05, 4.69) is 0 Å². The van der Waals surface area contributed by atoms with Crippen LogP contribution in [0.4, 0.5) is 0 Å². The van der Waals surface area contributed by atoms with Crippen molar-refractivity contribution in [2.45, 2.75) is 38.5 Å². The molecule has 0 aliphatic carbocycles. The Morgan fingerprint density at radius 1 is 0.455 bits per heavy atom. The minimum atomic E-state index is -2.92. The van der Waals surface area contributed by atoms with Crippen molar-refractivity contribution in [1.82, 2.24) is 0 Å². The van der Waals surface area contributed by atoms with Crippen molar-refractivity contribution < 1.29 is 118 Å². The van der Waals surface area contributed by atoms with E-state index in [-0.39, 0.29) is 88.7 Å². The van der Waals surface area contributed by atoms with Gasteiger partial charge in [-0.2, -0.15) is 0 Å². The summed E-state index contributed by atoms with van der Waals surface area (Å²) in [6, 6.07) is 0. The van der Waals surface area contributed by atoms with Crippen LogP contribution in [0.5, 0.6) is 0 Å². The van der Waals surface area contributed by atoms with E-state index in [1.54, 1.807) is 0 Å². The molecule has 0 bridgehead atoms. The normalized spacial score (nSPS) is 17.6. The Hall–Kier alpha value is 2.82. The zero-order valence-electron chi connectivity index (χ0n) is 14.5. The van der Waals surface area contributed by atoms with Gasteiger partial charge in [0.05, 0.1) is 0 Å². The minimum absolute atomic E-state index is 0. The summed E-state index contributed by atoms with van der Waals surface area (Å²) in [7, 11) is -2.92. The van der Waals surface area contributed by atoms with Crippen LogP contribution in [-0.4, -0.2) is 47.0 Å². The smallest absolute Gasteiger partial charge is 0.907 e. The second kappa shape index (κ2) is 28.6. The summed E-state index contributed by atoms with van der Waals surface area (Å²) < 4.78 is 14.8. The van der Waals surface area contributed by atoms with Crippen molar-refractivity contribution in [2.24, 2.45) is 0 Å². The first-order chi connectivity index (χ1) is 9.23. The molecule has 3 aliphatic heterocycles. The number of rotatable bonds is 0. The van der Waals surface area contributed by atoms with Gasteiger partial charge in [-0.05, 0) is 38.5 Å². The Morgan fingerprint density at radius 3 is 0.636 bits per heavy atom. The summed E-state index contributed by atoms with van der Waals surface area (Å²) >= 11 is 0. The van der Waals surface area contributed by atoms with E-state index in [1.165, 1.54) is 38.5 Å². The SMILES string of the molecule is C1CCOC1.C1CCOC1.C1CCOC1.[Na+].[Na+].[Na+].[O-]B([O-])[O-]. The molecule has 3 fully saturated rings. The molecule has 3 heterocycles. The molecule has 6 nitrogen and oxygen atoms in total. The second-order valence-electron chi connectivity index (χ2n) is 4.25. The molecule has 0 unspecified atom stereocenters. The van der Waals surface area contributed by atoms with Crippen molar-refractivity contribution in [3.8, 4) is 0 Å². The second-order valence-corrected chi connectivity index (χ2v) is 4.25. The first kappa shape index (κ1) is 32.5. The van der Waals surface area contributed by atoms with Gasteiger partial charge in [0.25, 0.3) is 0 Å². The Bertz CT molecular complexity index is 122. The zero-order valence-corrected chi connectivity index (χ0v) is 20.5. The molecular formula is C12H24BNa3O6. The molecule has 0 amide bonds. The summed E-state index contributed by atoms with van der Waals surface area (Å²) in [6.45, 7) is 6.00. The summed E-state index contributed by atoms with van der Waals surface area (Å²) in [5.74, 6) is 0. The van der Waals surface area contributed by atoms with Crippen molar-refractivity contribution in [1.29, 1.82) is 0 Å². The molecular weight excluding hydrogens is 320 g/mol. The molecule has 114 valence electrons. The van der Waals surface area contributed by atoms with Gasteiger partial charge in [0.2, 0.25) is 0 Å². The van der Waals surface area contributed by atoms with Gasteiger partial charge in [-0.3, -0.25) is 7.32 Å². The van der Waals surface area contributed by atoms with Crippen LogP contribution in [0, 0.1) is 0 Å². The summed E-state index contributed by atoms with van der Waals surface area (Å²) in [5, 5.41) is 25.2. The van der Waals surface area contributed by atoms with Gasteiger partial charge >= 0.3 is 88.7 Å². The predicted molar refractivity (Wildman–Crippen MR) is 65.9 cm³/mol. The van der Waals surface area contributed by atoms with Crippen molar-refractivity contribution in [2.75, 3.05) is 39.6 Å². The van der Waals surface area contributed by atoms with E-state index in [1.807, 2.05) is 0 Å². The van der Waals surface area contributed by atoms with Gasteiger partial charge in [0.15, 0.2) is 0 Å². The fourth-order valence-corrected chi connectivity index (χ4v) is 1.53. The van der Waals surface area contributed by atoms with Crippen LogP contribution in [0.2, 0.25) is 0 Å². The fraction of sp³-hybridized carbons (Fsp3) is 1.00. The Morgan fingerprint density at radius 2 is 0.591 bits per heavy atom. The first-order valence-electron chi connectivity index (χ1n) is 6.94. The van der Waals surface area contributed by atoms with Gasteiger partial charge in [0, 0.05) is 39.6 Å². The molecule has 0 radical (unpaired) electrons. The Labute approximate surface area is 201 Å². The number of ether oxygens (including phenoxy) is 3. The minimum Gasteiger partial charge on any atom is -0.907 e. The standard InChI is InChI=1S/3C4H8O.BO3.3Na/c3*1-2-4-5-3-1;2-1(3)4;;;/h3*1-4H2;;;;/q;;;-3;3*+1. The quantitative estimate of drug-likeness (QED) is 0.405. The molecule has 0 aromatic heterocycles. The van der Waals surface area contributed by atoms with Gasteiger partial charge in [-0.25, -0.2) is 0 Å². The third kappa shape index (κ3) is 34.2. The van der Waals surface area contributed by atoms with Crippen molar-refractivity contribution >= 4 is 7.32 Å². The van der Waals surface area contributed by atoms with E-state index in [4.69, 9.17) is 29.3 Å². The van der Waals surface area contributed by atoms with Crippen LogP contribution in [0.1, 0.15) is 38.5 Å². The average molecular weight is 344 g/mol. The molecule has 0 aromatic carbocycles. The topological polar surface area (TPSA) is 96.9 Å². The zero-order chi connectivity index (χ0) is 14.2. The fourth-order valence-electron chi connectivity index (χ4n) is 1.53. The van der Waals surface area contributed by atoms with Crippen LogP contribution >= 0.6 is 0 Å². The van der Waals surface area contributed by atoms with Crippen LogP contribution in [0.3, 0.4) is 0 Å². The maximum atomic E-state index is 8.42. The van der Waals surface area contributed by atoms with E-state index in [0.717, 1.165) is 39.6 Å². The third-order valence-electron chi connectivity index (χ3n) is 2.48. The van der Waals surface area contributed by atoms with E-state index in [9.17, 15) is 0 Å². The molecule has 3 rings (SSSR count). The Kier molecular flexibility index (Phi) is 42.3.